The van der Waals surface area contributed by atoms with E-state index in [4.69, 9.17) is 0 Å². The number of carboxylic acid groups (broad SMARTS) is 1. The highest BCUT2D eigenvalue weighted by Gasteiger charge is 2.24. The molecule has 1 atom stereocenters. The maximum absolute atomic E-state index is 10.5. The Morgan fingerprint density at radius 1 is 1.32 bits per heavy atom. The largest absolute Gasteiger partial charge is 0.545 e. The van der Waals surface area contributed by atoms with Gasteiger partial charge in [-0.3, -0.25) is 0 Å². The normalized spacial score (nSPS) is 18.8. The van der Waals surface area contributed by atoms with Gasteiger partial charge >= 0.3 is 0 Å². The van der Waals surface area contributed by atoms with Crippen LogP contribution in [0.3, 0.4) is 0 Å². The molecular weight excluding hydrogens is 310 g/mol. The molecule has 0 fully saturated rings. The molecule has 0 aliphatic carbocycles. The number of benzene rings is 1. The molecule has 0 N–H and O–H groups in total. The fraction of sp³-hybridized carbons (Fsp3) is 0.409. The van der Waals surface area contributed by atoms with E-state index in [1.165, 1.54) is 23.2 Å². The molecule has 1 aromatic carbocycles. The van der Waals surface area contributed by atoms with E-state index in [2.05, 4.69) is 50.8 Å². The van der Waals surface area contributed by atoms with E-state index in [0.717, 1.165) is 18.2 Å². The molecule has 0 spiro atoms. The zero-order valence-corrected chi connectivity index (χ0v) is 15.9. The number of hydrogen-bond donors (Lipinski definition) is 0. The lowest BCUT2D eigenvalue weighted by Gasteiger charge is -2.37. The molecule has 3 nitrogen and oxygen atoms in total. The third kappa shape index (κ3) is 4.85. The van der Waals surface area contributed by atoms with Crippen molar-refractivity contribution in [3.63, 3.8) is 0 Å². The molecule has 3 heteroatoms. The van der Waals surface area contributed by atoms with E-state index in [0.29, 0.717) is 17.5 Å². The van der Waals surface area contributed by atoms with Gasteiger partial charge in [-0.05, 0) is 80.5 Å². The molecule has 25 heavy (non-hydrogen) atoms. The van der Waals surface area contributed by atoms with Crippen molar-refractivity contribution in [2.24, 2.45) is 0 Å². The summed E-state index contributed by atoms with van der Waals surface area (Å²) >= 11 is 0. The van der Waals surface area contributed by atoms with E-state index >= 15 is 0 Å². The summed E-state index contributed by atoms with van der Waals surface area (Å²) in [6, 6.07) is 7.23. The summed E-state index contributed by atoms with van der Waals surface area (Å²) in [7, 11) is 0. The van der Waals surface area contributed by atoms with Crippen molar-refractivity contribution < 1.29 is 9.90 Å². The fourth-order valence-electron chi connectivity index (χ4n) is 3.28. The van der Waals surface area contributed by atoms with Crippen molar-refractivity contribution in [2.75, 3.05) is 11.4 Å². The van der Waals surface area contributed by atoms with Crippen LogP contribution < -0.4 is 10.0 Å². The zero-order chi connectivity index (χ0) is 18.6. The van der Waals surface area contributed by atoms with Crippen molar-refractivity contribution in [3.8, 4) is 0 Å². The number of carboxylic acids is 1. The maximum Gasteiger partial charge on any atom is 0.0645 e. The van der Waals surface area contributed by atoms with Crippen LogP contribution in [0.4, 0.5) is 5.69 Å². The lowest BCUT2D eigenvalue weighted by molar-refractivity contribution is -0.297. The van der Waals surface area contributed by atoms with Gasteiger partial charge in [0.05, 0.1) is 5.97 Å². The first-order valence-corrected chi connectivity index (χ1v) is 8.94. The van der Waals surface area contributed by atoms with Crippen molar-refractivity contribution in [1.29, 1.82) is 0 Å². The van der Waals surface area contributed by atoms with E-state index in [9.17, 15) is 9.90 Å². The van der Waals surface area contributed by atoms with Crippen LogP contribution in [0.15, 0.2) is 48.1 Å². The molecule has 1 aromatic rings. The highest BCUT2D eigenvalue weighted by molar-refractivity contribution is 5.79. The van der Waals surface area contributed by atoms with Crippen molar-refractivity contribution in [1.82, 2.24) is 0 Å². The van der Waals surface area contributed by atoms with Gasteiger partial charge in [0.15, 0.2) is 0 Å². The number of aliphatic carboxylic acids is 1. The van der Waals surface area contributed by atoms with E-state index in [-0.39, 0.29) is 0 Å². The van der Waals surface area contributed by atoms with Crippen LogP contribution in [-0.4, -0.2) is 18.6 Å². The minimum Gasteiger partial charge on any atom is -0.545 e. The van der Waals surface area contributed by atoms with Gasteiger partial charge in [-0.25, -0.2) is 0 Å². The van der Waals surface area contributed by atoms with Crippen molar-refractivity contribution >= 4 is 17.2 Å². The molecule has 2 rings (SSSR count). The van der Waals surface area contributed by atoms with Gasteiger partial charge in [0.2, 0.25) is 0 Å². The molecule has 1 unspecified atom stereocenters. The van der Waals surface area contributed by atoms with Crippen LogP contribution in [0.5, 0.6) is 0 Å². The lowest BCUT2D eigenvalue weighted by atomic mass is 9.88. The Labute approximate surface area is 151 Å². The van der Waals surface area contributed by atoms with Crippen LogP contribution in [-0.2, 0) is 4.79 Å². The molecule has 1 heterocycles. The first-order valence-electron chi connectivity index (χ1n) is 8.94. The molecule has 0 saturated heterocycles. The summed E-state index contributed by atoms with van der Waals surface area (Å²) < 4.78 is 0. The Hall–Kier alpha value is -2.29. The third-order valence-corrected chi connectivity index (χ3v) is 4.80. The number of carbonyl (C=O) groups excluding carboxylic acids is 1. The Morgan fingerprint density at radius 3 is 2.68 bits per heavy atom. The molecule has 1 aliphatic heterocycles. The standard InChI is InChI=1S/C22H29NO2/c1-15(2)23-12-11-18(5)20-14-19(9-10-21(20)23)17(4)8-6-7-16(3)13-22(24)25/h6-10,13-15,18H,11-12H2,1-5H3,(H,24,25)/p-1/b7-6+,16-13+,17-8+. The molecule has 0 aromatic heterocycles. The van der Waals surface area contributed by atoms with Crippen LogP contribution in [0, 0.1) is 0 Å². The minimum atomic E-state index is -1.17. The summed E-state index contributed by atoms with van der Waals surface area (Å²) in [5.74, 6) is -0.595. The zero-order valence-electron chi connectivity index (χ0n) is 15.9. The SMILES string of the molecule is CC(/C=C/C=C(\C)c1ccc2c(c1)C(C)CCN2C(C)C)=C\C(=O)[O-]. The number of rotatable bonds is 5. The van der Waals surface area contributed by atoms with Gasteiger partial charge in [-0.2, -0.15) is 0 Å². The quantitative estimate of drug-likeness (QED) is 0.600. The average molecular weight is 338 g/mol. The van der Waals surface area contributed by atoms with Gasteiger partial charge in [0, 0.05) is 18.3 Å². The summed E-state index contributed by atoms with van der Waals surface area (Å²) in [5.41, 5.74) is 5.81. The van der Waals surface area contributed by atoms with Gasteiger partial charge in [0.25, 0.3) is 0 Å². The minimum absolute atomic E-state index is 0.509. The Kier molecular flexibility index (Phi) is 6.24. The van der Waals surface area contributed by atoms with Gasteiger partial charge in [-0.15, -0.1) is 0 Å². The highest BCUT2D eigenvalue weighted by Crippen LogP contribution is 2.37. The number of anilines is 1. The molecular formula is C22H28NO2-. The topological polar surface area (TPSA) is 43.4 Å². The van der Waals surface area contributed by atoms with Crippen LogP contribution >= 0.6 is 0 Å². The molecule has 0 radical (unpaired) electrons. The van der Waals surface area contributed by atoms with E-state index in [1.54, 1.807) is 13.0 Å². The third-order valence-electron chi connectivity index (χ3n) is 4.80. The molecule has 134 valence electrons. The number of nitrogens with zero attached hydrogens (tertiary/aromatic N) is 1. The fourth-order valence-corrected chi connectivity index (χ4v) is 3.28. The Bertz CT molecular complexity index is 726. The summed E-state index contributed by atoms with van der Waals surface area (Å²) in [4.78, 5) is 13.0. The van der Waals surface area contributed by atoms with Gasteiger partial charge < -0.3 is 14.8 Å². The molecule has 0 bridgehead atoms. The molecule has 0 amide bonds. The highest BCUT2D eigenvalue weighted by atomic mass is 16.4. The second kappa shape index (κ2) is 8.19. The number of hydrogen-bond acceptors (Lipinski definition) is 3. The van der Waals surface area contributed by atoms with Crippen LogP contribution in [0.1, 0.15) is 58.1 Å². The number of fused-ring (bicyclic) bond motifs is 1. The Balaban J connectivity index is 2.26. The van der Waals surface area contributed by atoms with Gasteiger partial charge in [-0.1, -0.05) is 31.2 Å². The number of carbonyl (C=O) groups is 1. The Morgan fingerprint density at radius 2 is 2.04 bits per heavy atom. The van der Waals surface area contributed by atoms with E-state index in [1.807, 2.05) is 12.2 Å². The molecule has 0 saturated carbocycles. The monoisotopic (exact) mass is 338 g/mol. The number of allylic oxidation sites excluding steroid dienone is 5. The summed E-state index contributed by atoms with van der Waals surface area (Å²) in [5, 5.41) is 10.5. The second-order valence-electron chi connectivity index (χ2n) is 7.17. The van der Waals surface area contributed by atoms with Gasteiger partial charge in [0.1, 0.15) is 0 Å². The van der Waals surface area contributed by atoms with Crippen LogP contribution in [0.2, 0.25) is 0 Å². The summed E-state index contributed by atoms with van der Waals surface area (Å²) in [6.45, 7) is 11.7. The smallest absolute Gasteiger partial charge is 0.0645 e. The molecule has 1 aliphatic rings. The lowest BCUT2D eigenvalue weighted by Crippen LogP contribution is -2.36. The first kappa shape index (κ1) is 19.0. The first-order chi connectivity index (χ1) is 11.8. The summed E-state index contributed by atoms with van der Waals surface area (Å²) in [6.07, 6.45) is 7.96. The predicted octanol–water partition coefficient (Wildman–Crippen LogP) is 4.06. The van der Waals surface area contributed by atoms with Crippen LogP contribution in [0.25, 0.3) is 5.57 Å². The average Bonchev–Trinajstić information content (AvgIpc) is 2.53. The van der Waals surface area contributed by atoms with Crippen molar-refractivity contribution in [2.45, 2.75) is 53.0 Å². The second-order valence-corrected chi connectivity index (χ2v) is 7.17. The predicted molar refractivity (Wildman–Crippen MR) is 104 cm³/mol. The maximum atomic E-state index is 10.5. The van der Waals surface area contributed by atoms with Crippen molar-refractivity contribution in [3.05, 3.63) is 59.2 Å². The van der Waals surface area contributed by atoms with E-state index < -0.39 is 5.97 Å².